The van der Waals surface area contributed by atoms with E-state index in [9.17, 15) is 8.42 Å². The van der Waals surface area contributed by atoms with Gasteiger partial charge < -0.3 is 4.57 Å². The van der Waals surface area contributed by atoms with E-state index in [0.29, 0.717) is 13.1 Å². The minimum Gasteiger partial charge on any atom is -0.314 e. The van der Waals surface area contributed by atoms with Crippen LogP contribution < -0.4 is 0 Å². The van der Waals surface area contributed by atoms with Gasteiger partial charge in [-0.1, -0.05) is 12.1 Å². The van der Waals surface area contributed by atoms with Gasteiger partial charge in [0, 0.05) is 20.1 Å². The maximum atomic E-state index is 12.2. The molecule has 2 aromatic rings. The van der Waals surface area contributed by atoms with Crippen molar-refractivity contribution in [1.29, 1.82) is 0 Å². The average Bonchev–Trinajstić information content (AvgIpc) is 2.64. The highest BCUT2D eigenvalue weighted by molar-refractivity contribution is 7.89. The van der Waals surface area contributed by atoms with Crippen LogP contribution in [0.1, 0.15) is 6.42 Å². The number of aryl methyl sites for hydroxylation is 1. The number of fused-ring (bicyclic) bond motifs is 3. The Bertz CT molecular complexity index is 675. The molecule has 0 atom stereocenters. The summed E-state index contributed by atoms with van der Waals surface area (Å²) in [6.45, 7) is 1.24. The van der Waals surface area contributed by atoms with E-state index < -0.39 is 10.0 Å². The molecule has 0 saturated heterocycles. The summed E-state index contributed by atoms with van der Waals surface area (Å²) in [4.78, 5) is 4.25. The molecule has 0 unspecified atom stereocenters. The van der Waals surface area contributed by atoms with Crippen LogP contribution in [0.3, 0.4) is 0 Å². The van der Waals surface area contributed by atoms with E-state index in [1.165, 1.54) is 4.31 Å². The lowest BCUT2D eigenvalue weighted by atomic mass is 10.3. The Labute approximate surface area is 99.7 Å². The van der Waals surface area contributed by atoms with E-state index in [-0.39, 0.29) is 5.16 Å². The van der Waals surface area contributed by atoms with Crippen molar-refractivity contribution in [3.8, 4) is 0 Å². The third-order valence-corrected chi connectivity index (χ3v) is 4.89. The van der Waals surface area contributed by atoms with Crippen LogP contribution in [0.5, 0.6) is 0 Å². The Morgan fingerprint density at radius 2 is 2.00 bits per heavy atom. The standard InChI is InChI=1S/C11H13N3O2S/c1-13-7-4-8-14-10-6-3-2-5-9(10)12-11(14)17(13,15)16/h2-3,5-6H,4,7-8H2,1H3. The zero-order valence-corrected chi connectivity index (χ0v) is 10.3. The molecule has 0 amide bonds. The van der Waals surface area contributed by atoms with Gasteiger partial charge in [0.1, 0.15) is 0 Å². The molecule has 0 aliphatic carbocycles. The molecule has 0 saturated carbocycles. The topological polar surface area (TPSA) is 55.2 Å². The van der Waals surface area contributed by atoms with Crippen LogP contribution in [0.4, 0.5) is 0 Å². The van der Waals surface area contributed by atoms with Gasteiger partial charge in [-0.25, -0.2) is 13.4 Å². The molecule has 0 spiro atoms. The summed E-state index contributed by atoms with van der Waals surface area (Å²) in [7, 11) is -1.83. The first kappa shape index (κ1) is 10.7. The molecule has 0 bridgehead atoms. The Morgan fingerprint density at radius 3 is 2.82 bits per heavy atom. The molecule has 1 aliphatic rings. The van der Waals surface area contributed by atoms with E-state index in [1.807, 2.05) is 24.3 Å². The zero-order valence-electron chi connectivity index (χ0n) is 9.50. The fourth-order valence-electron chi connectivity index (χ4n) is 2.18. The van der Waals surface area contributed by atoms with Gasteiger partial charge in [-0.15, -0.1) is 0 Å². The second-order valence-corrected chi connectivity index (χ2v) is 6.15. The maximum absolute atomic E-state index is 12.2. The fraction of sp³-hybridized carbons (Fsp3) is 0.364. The number of para-hydroxylation sites is 2. The quantitative estimate of drug-likeness (QED) is 0.703. The van der Waals surface area contributed by atoms with Gasteiger partial charge in [-0.05, 0) is 18.6 Å². The molecule has 0 radical (unpaired) electrons. The van der Waals surface area contributed by atoms with Crippen LogP contribution in [-0.2, 0) is 16.6 Å². The highest BCUT2D eigenvalue weighted by Crippen LogP contribution is 2.24. The minimum absolute atomic E-state index is 0.165. The van der Waals surface area contributed by atoms with E-state index in [4.69, 9.17) is 0 Å². The molecule has 6 heteroatoms. The van der Waals surface area contributed by atoms with E-state index >= 15 is 0 Å². The molecule has 17 heavy (non-hydrogen) atoms. The van der Waals surface area contributed by atoms with Crippen LogP contribution in [0.15, 0.2) is 29.4 Å². The summed E-state index contributed by atoms with van der Waals surface area (Å²) < 4.78 is 27.6. The molecule has 1 aromatic carbocycles. The smallest absolute Gasteiger partial charge is 0.276 e. The average molecular weight is 251 g/mol. The first-order valence-electron chi connectivity index (χ1n) is 5.52. The molecular formula is C11H13N3O2S. The number of sulfonamides is 1. The van der Waals surface area contributed by atoms with Crippen molar-refractivity contribution >= 4 is 21.1 Å². The fourth-order valence-corrected chi connectivity index (χ4v) is 3.51. The largest absolute Gasteiger partial charge is 0.314 e. The van der Waals surface area contributed by atoms with Gasteiger partial charge in [0.15, 0.2) is 0 Å². The van der Waals surface area contributed by atoms with Crippen LogP contribution >= 0.6 is 0 Å². The highest BCUT2D eigenvalue weighted by atomic mass is 32.2. The maximum Gasteiger partial charge on any atom is 0.276 e. The van der Waals surface area contributed by atoms with Crippen molar-refractivity contribution < 1.29 is 8.42 Å². The second kappa shape index (κ2) is 3.54. The summed E-state index contributed by atoms with van der Waals surface area (Å²) >= 11 is 0. The lowest BCUT2D eigenvalue weighted by molar-refractivity contribution is 0.467. The number of imidazole rings is 1. The number of hydrogen-bond donors (Lipinski definition) is 0. The van der Waals surface area contributed by atoms with Gasteiger partial charge in [0.2, 0.25) is 5.16 Å². The Morgan fingerprint density at radius 1 is 1.24 bits per heavy atom. The molecule has 90 valence electrons. The second-order valence-electron chi connectivity index (χ2n) is 4.21. The summed E-state index contributed by atoms with van der Waals surface area (Å²) in [5.41, 5.74) is 1.63. The van der Waals surface area contributed by atoms with Gasteiger partial charge in [0.05, 0.1) is 11.0 Å². The van der Waals surface area contributed by atoms with Crippen LogP contribution in [-0.4, -0.2) is 35.9 Å². The molecule has 5 nitrogen and oxygen atoms in total. The van der Waals surface area contributed by atoms with Crippen LogP contribution in [0.25, 0.3) is 11.0 Å². The van der Waals surface area contributed by atoms with Crippen LogP contribution in [0, 0.1) is 0 Å². The predicted molar refractivity (Wildman–Crippen MR) is 64.2 cm³/mol. The lowest BCUT2D eigenvalue weighted by Crippen LogP contribution is -2.27. The molecular weight excluding hydrogens is 238 g/mol. The molecule has 2 heterocycles. The summed E-state index contributed by atoms with van der Waals surface area (Å²) in [5.74, 6) is 0. The summed E-state index contributed by atoms with van der Waals surface area (Å²) in [6, 6.07) is 7.52. The minimum atomic E-state index is -3.43. The predicted octanol–water partition coefficient (Wildman–Crippen LogP) is 1.06. The Balaban J connectivity index is 2.37. The summed E-state index contributed by atoms with van der Waals surface area (Å²) in [6.07, 6.45) is 0.809. The molecule has 0 fully saturated rings. The number of rotatable bonds is 0. The number of nitrogens with zero attached hydrogens (tertiary/aromatic N) is 3. The lowest BCUT2D eigenvalue weighted by Gasteiger charge is -2.11. The highest BCUT2D eigenvalue weighted by Gasteiger charge is 2.30. The third-order valence-electron chi connectivity index (χ3n) is 3.12. The first-order chi connectivity index (χ1) is 8.10. The van der Waals surface area contributed by atoms with Crippen molar-refractivity contribution in [2.24, 2.45) is 0 Å². The van der Waals surface area contributed by atoms with E-state index in [0.717, 1.165) is 17.5 Å². The number of benzene rings is 1. The zero-order chi connectivity index (χ0) is 12.0. The van der Waals surface area contributed by atoms with Crippen molar-refractivity contribution in [3.63, 3.8) is 0 Å². The molecule has 1 aliphatic heterocycles. The van der Waals surface area contributed by atoms with Crippen molar-refractivity contribution in [2.75, 3.05) is 13.6 Å². The van der Waals surface area contributed by atoms with Crippen molar-refractivity contribution in [3.05, 3.63) is 24.3 Å². The molecule has 1 aromatic heterocycles. The number of aromatic nitrogens is 2. The molecule has 3 rings (SSSR count). The third kappa shape index (κ3) is 1.48. The van der Waals surface area contributed by atoms with Gasteiger partial charge in [0.25, 0.3) is 10.0 Å². The van der Waals surface area contributed by atoms with Gasteiger partial charge in [-0.2, -0.15) is 4.31 Å². The molecule has 0 N–H and O–H groups in total. The van der Waals surface area contributed by atoms with Gasteiger partial charge in [-0.3, -0.25) is 0 Å². The number of hydrogen-bond acceptors (Lipinski definition) is 3. The van der Waals surface area contributed by atoms with E-state index in [2.05, 4.69) is 4.98 Å². The van der Waals surface area contributed by atoms with Crippen molar-refractivity contribution in [1.82, 2.24) is 13.9 Å². The Kier molecular flexibility index (Phi) is 2.24. The summed E-state index contributed by atoms with van der Waals surface area (Å²) in [5, 5.41) is 0.165. The first-order valence-corrected chi connectivity index (χ1v) is 6.96. The van der Waals surface area contributed by atoms with Gasteiger partial charge >= 0.3 is 0 Å². The van der Waals surface area contributed by atoms with Crippen molar-refractivity contribution in [2.45, 2.75) is 18.1 Å². The van der Waals surface area contributed by atoms with E-state index in [1.54, 1.807) is 11.6 Å². The van der Waals surface area contributed by atoms with Crippen LogP contribution in [0.2, 0.25) is 0 Å². The SMILES string of the molecule is CN1CCCn2c(nc3ccccc32)S1(=O)=O. The monoisotopic (exact) mass is 251 g/mol. The Hall–Kier alpha value is -1.40. The normalized spacial score (nSPS) is 20.1.